The van der Waals surface area contributed by atoms with Crippen LogP contribution in [0.25, 0.3) is 11.2 Å². The molecule has 0 unspecified atom stereocenters. The Hall–Kier alpha value is -2.09. The highest BCUT2D eigenvalue weighted by molar-refractivity contribution is 5.74. The Morgan fingerprint density at radius 3 is 2.52 bits per heavy atom. The van der Waals surface area contributed by atoms with Crippen LogP contribution in [0, 0.1) is 0 Å². The maximum absolute atomic E-state index is 12.5. The SMILES string of the molecule is CCNc1nc2c(c(=O)n(CC)c(=O)n2CCOC)n1C. The van der Waals surface area contributed by atoms with E-state index in [0.717, 1.165) is 0 Å². The van der Waals surface area contributed by atoms with Crippen molar-refractivity contribution >= 4 is 17.1 Å². The summed E-state index contributed by atoms with van der Waals surface area (Å²) in [6.07, 6.45) is 0. The molecule has 0 atom stereocenters. The van der Waals surface area contributed by atoms with Crippen LogP contribution in [0.15, 0.2) is 9.59 Å². The molecule has 1 N–H and O–H groups in total. The van der Waals surface area contributed by atoms with Crippen LogP contribution >= 0.6 is 0 Å². The van der Waals surface area contributed by atoms with E-state index in [0.29, 0.717) is 43.4 Å². The van der Waals surface area contributed by atoms with Crippen LogP contribution in [0.1, 0.15) is 13.8 Å². The second-order valence-electron chi connectivity index (χ2n) is 4.67. The average Bonchev–Trinajstić information content (AvgIpc) is 2.77. The van der Waals surface area contributed by atoms with Crippen molar-refractivity contribution < 1.29 is 4.74 Å². The van der Waals surface area contributed by atoms with E-state index in [-0.39, 0.29) is 11.2 Å². The molecule has 0 spiro atoms. The molecule has 0 aliphatic rings. The van der Waals surface area contributed by atoms with Gasteiger partial charge in [0.1, 0.15) is 0 Å². The molecule has 0 aliphatic carbocycles. The fourth-order valence-electron chi connectivity index (χ4n) is 2.34. The summed E-state index contributed by atoms with van der Waals surface area (Å²) in [6.45, 7) is 5.46. The first-order valence-electron chi connectivity index (χ1n) is 6.99. The number of nitrogens with zero attached hydrogens (tertiary/aromatic N) is 4. The molecule has 2 heterocycles. The van der Waals surface area contributed by atoms with Crippen molar-refractivity contribution in [2.24, 2.45) is 7.05 Å². The van der Waals surface area contributed by atoms with Gasteiger partial charge in [-0.15, -0.1) is 0 Å². The summed E-state index contributed by atoms with van der Waals surface area (Å²) in [7, 11) is 3.33. The minimum atomic E-state index is -0.354. The highest BCUT2D eigenvalue weighted by atomic mass is 16.5. The number of ether oxygens (including phenoxy) is 1. The number of hydrogen-bond donors (Lipinski definition) is 1. The normalized spacial score (nSPS) is 11.2. The van der Waals surface area contributed by atoms with Gasteiger partial charge in [-0.05, 0) is 13.8 Å². The van der Waals surface area contributed by atoms with Gasteiger partial charge in [0.25, 0.3) is 5.56 Å². The fourth-order valence-corrected chi connectivity index (χ4v) is 2.34. The molecule has 0 fully saturated rings. The van der Waals surface area contributed by atoms with E-state index in [1.165, 1.54) is 9.13 Å². The largest absolute Gasteiger partial charge is 0.383 e. The summed E-state index contributed by atoms with van der Waals surface area (Å²) >= 11 is 0. The summed E-state index contributed by atoms with van der Waals surface area (Å²) in [6, 6.07) is 0. The minimum absolute atomic E-state index is 0.315. The average molecular weight is 295 g/mol. The molecule has 0 saturated heterocycles. The van der Waals surface area contributed by atoms with E-state index in [1.807, 2.05) is 6.92 Å². The number of aromatic nitrogens is 4. The molecule has 116 valence electrons. The lowest BCUT2D eigenvalue weighted by molar-refractivity contribution is 0.186. The number of anilines is 1. The van der Waals surface area contributed by atoms with Gasteiger partial charge >= 0.3 is 5.69 Å². The van der Waals surface area contributed by atoms with Crippen molar-refractivity contribution in [3.05, 3.63) is 20.8 Å². The van der Waals surface area contributed by atoms with Gasteiger partial charge in [0.2, 0.25) is 5.95 Å². The Labute approximate surface area is 122 Å². The van der Waals surface area contributed by atoms with Crippen LogP contribution in [-0.2, 0) is 24.9 Å². The third kappa shape index (κ3) is 2.46. The molecule has 0 aromatic carbocycles. The van der Waals surface area contributed by atoms with Gasteiger partial charge in [-0.2, -0.15) is 4.98 Å². The maximum Gasteiger partial charge on any atom is 0.332 e. The third-order valence-corrected chi connectivity index (χ3v) is 3.41. The number of imidazole rings is 1. The standard InChI is InChI=1S/C13H21N5O3/c1-5-14-12-15-10-9(16(12)3)11(19)17(6-2)13(20)18(10)7-8-21-4/h5-8H2,1-4H3,(H,14,15). The number of aryl methyl sites for hydroxylation is 1. The number of rotatable bonds is 6. The summed E-state index contributed by atoms with van der Waals surface area (Å²) < 4.78 is 9.44. The van der Waals surface area contributed by atoms with Crippen molar-refractivity contribution in [2.45, 2.75) is 26.9 Å². The molecule has 0 radical (unpaired) electrons. The fraction of sp³-hybridized carbons (Fsp3) is 0.615. The van der Waals surface area contributed by atoms with Gasteiger partial charge in [-0.25, -0.2) is 4.79 Å². The first kappa shape index (κ1) is 15.3. The van der Waals surface area contributed by atoms with Gasteiger partial charge in [-0.1, -0.05) is 0 Å². The zero-order valence-corrected chi connectivity index (χ0v) is 12.8. The molecular weight excluding hydrogens is 274 g/mol. The summed E-state index contributed by atoms with van der Waals surface area (Å²) in [5, 5.41) is 3.09. The molecule has 8 nitrogen and oxygen atoms in total. The van der Waals surface area contributed by atoms with Gasteiger partial charge in [0, 0.05) is 27.2 Å². The lowest BCUT2D eigenvalue weighted by Crippen LogP contribution is -2.40. The van der Waals surface area contributed by atoms with Crippen LogP contribution in [-0.4, -0.2) is 38.9 Å². The van der Waals surface area contributed by atoms with E-state index in [4.69, 9.17) is 4.74 Å². The summed E-state index contributed by atoms with van der Waals surface area (Å²) in [5.41, 5.74) is 0.146. The molecule has 8 heteroatoms. The lowest BCUT2D eigenvalue weighted by Gasteiger charge is -2.09. The predicted molar refractivity (Wildman–Crippen MR) is 80.9 cm³/mol. The van der Waals surface area contributed by atoms with Gasteiger partial charge in [-0.3, -0.25) is 13.9 Å². The third-order valence-electron chi connectivity index (χ3n) is 3.41. The van der Waals surface area contributed by atoms with Gasteiger partial charge in [0.05, 0.1) is 13.2 Å². The highest BCUT2D eigenvalue weighted by Crippen LogP contribution is 2.13. The molecule has 0 amide bonds. The Morgan fingerprint density at radius 1 is 1.24 bits per heavy atom. The quantitative estimate of drug-likeness (QED) is 0.811. The first-order valence-corrected chi connectivity index (χ1v) is 6.99. The predicted octanol–water partition coefficient (Wildman–Crippen LogP) is -0.00520. The smallest absolute Gasteiger partial charge is 0.332 e. The molecule has 0 aliphatic heterocycles. The molecule has 0 bridgehead atoms. The zero-order chi connectivity index (χ0) is 15.6. The van der Waals surface area contributed by atoms with Crippen molar-refractivity contribution in [2.75, 3.05) is 25.6 Å². The second kappa shape index (κ2) is 6.13. The Morgan fingerprint density at radius 2 is 1.95 bits per heavy atom. The Kier molecular flexibility index (Phi) is 4.46. The number of nitrogens with one attached hydrogen (secondary N) is 1. The minimum Gasteiger partial charge on any atom is -0.383 e. The van der Waals surface area contributed by atoms with Gasteiger partial charge in [0.15, 0.2) is 11.2 Å². The summed E-state index contributed by atoms with van der Waals surface area (Å²) in [4.78, 5) is 29.3. The van der Waals surface area contributed by atoms with E-state index < -0.39 is 0 Å². The Balaban J connectivity index is 2.83. The molecule has 2 aromatic heterocycles. The van der Waals surface area contributed by atoms with E-state index in [2.05, 4.69) is 10.3 Å². The molecule has 2 rings (SSSR count). The Bertz CT molecular complexity index is 756. The van der Waals surface area contributed by atoms with Crippen molar-refractivity contribution in [3.8, 4) is 0 Å². The van der Waals surface area contributed by atoms with Crippen LogP contribution < -0.4 is 16.6 Å². The number of fused-ring (bicyclic) bond motifs is 1. The van der Waals surface area contributed by atoms with Crippen molar-refractivity contribution in [1.82, 2.24) is 18.7 Å². The maximum atomic E-state index is 12.5. The van der Waals surface area contributed by atoms with Crippen LogP contribution in [0.2, 0.25) is 0 Å². The molecular formula is C13H21N5O3. The van der Waals surface area contributed by atoms with Crippen LogP contribution in [0.5, 0.6) is 0 Å². The highest BCUT2D eigenvalue weighted by Gasteiger charge is 2.18. The number of hydrogen-bond acceptors (Lipinski definition) is 5. The monoisotopic (exact) mass is 295 g/mol. The summed E-state index contributed by atoms with van der Waals surface area (Å²) in [5.74, 6) is 0.573. The van der Waals surface area contributed by atoms with E-state index in [9.17, 15) is 9.59 Å². The van der Waals surface area contributed by atoms with E-state index in [1.54, 1.807) is 25.6 Å². The lowest BCUT2D eigenvalue weighted by atomic mass is 10.4. The van der Waals surface area contributed by atoms with E-state index >= 15 is 0 Å². The number of methoxy groups -OCH3 is 1. The molecule has 2 aromatic rings. The zero-order valence-electron chi connectivity index (χ0n) is 12.8. The van der Waals surface area contributed by atoms with Crippen LogP contribution in [0.3, 0.4) is 0 Å². The second-order valence-corrected chi connectivity index (χ2v) is 4.67. The first-order chi connectivity index (χ1) is 10.1. The topological polar surface area (TPSA) is 83.1 Å². The van der Waals surface area contributed by atoms with Crippen LogP contribution in [0.4, 0.5) is 5.95 Å². The molecule has 0 saturated carbocycles. The van der Waals surface area contributed by atoms with Crippen molar-refractivity contribution in [3.63, 3.8) is 0 Å². The van der Waals surface area contributed by atoms with Crippen molar-refractivity contribution in [1.29, 1.82) is 0 Å². The van der Waals surface area contributed by atoms with Gasteiger partial charge < -0.3 is 14.6 Å². The molecule has 21 heavy (non-hydrogen) atoms.